The van der Waals surface area contributed by atoms with Crippen LogP contribution in [0.2, 0.25) is 0 Å². The highest BCUT2D eigenvalue weighted by Gasteiger charge is 2.04. The van der Waals surface area contributed by atoms with Crippen molar-refractivity contribution in [2.24, 2.45) is 0 Å². The molecule has 0 aliphatic carbocycles. The summed E-state index contributed by atoms with van der Waals surface area (Å²) in [6.45, 7) is 0. The maximum Gasteiger partial charge on any atom is 0.373 e. The second-order valence-electron chi connectivity index (χ2n) is 2.38. The molecule has 0 atom stereocenters. The van der Waals surface area contributed by atoms with E-state index in [1.165, 1.54) is 12.4 Å². The third kappa shape index (κ3) is 2.52. The van der Waals surface area contributed by atoms with Crippen molar-refractivity contribution in [1.29, 1.82) is 5.26 Å². The predicted octanol–water partition coefficient (Wildman–Crippen LogP) is 0.631. The van der Waals surface area contributed by atoms with Gasteiger partial charge in [-0.1, -0.05) is 0 Å². The zero-order chi connectivity index (χ0) is 9.68. The highest BCUT2D eigenvalue weighted by Crippen LogP contribution is 1.99. The molecule has 0 aliphatic heterocycles. The van der Waals surface area contributed by atoms with Gasteiger partial charge in [-0.25, -0.2) is 14.8 Å². The normalized spacial score (nSPS) is 9.15. The van der Waals surface area contributed by atoms with Crippen LogP contribution in [0.15, 0.2) is 12.4 Å². The Morgan fingerprint density at radius 3 is 2.62 bits per heavy atom. The first-order chi connectivity index (χ1) is 6.24. The molecule has 0 amide bonds. The zero-order valence-electron chi connectivity index (χ0n) is 6.77. The third-order valence-corrected chi connectivity index (χ3v) is 1.42. The van der Waals surface area contributed by atoms with Crippen molar-refractivity contribution in [2.75, 3.05) is 0 Å². The Morgan fingerprint density at radius 1 is 1.54 bits per heavy atom. The van der Waals surface area contributed by atoms with Gasteiger partial charge < -0.3 is 5.11 Å². The van der Waals surface area contributed by atoms with Gasteiger partial charge in [0.25, 0.3) is 0 Å². The number of rotatable bonds is 3. The lowest BCUT2D eigenvalue weighted by atomic mass is 10.2. The van der Waals surface area contributed by atoms with Gasteiger partial charge in [0.1, 0.15) is 0 Å². The minimum atomic E-state index is -1.15. The van der Waals surface area contributed by atoms with Crippen LogP contribution in [-0.4, -0.2) is 21.0 Å². The van der Waals surface area contributed by atoms with Gasteiger partial charge in [-0.15, -0.1) is 0 Å². The van der Waals surface area contributed by atoms with Crippen LogP contribution < -0.4 is 0 Å². The molecule has 0 radical (unpaired) electrons. The van der Waals surface area contributed by atoms with E-state index < -0.39 is 5.97 Å². The Hall–Kier alpha value is -1.96. The summed E-state index contributed by atoms with van der Waals surface area (Å²) in [4.78, 5) is 17.6. The molecule has 0 aliphatic rings. The van der Waals surface area contributed by atoms with Crippen LogP contribution in [0.4, 0.5) is 0 Å². The lowest BCUT2D eigenvalue weighted by molar-refractivity contribution is 0.0683. The van der Waals surface area contributed by atoms with Crippen LogP contribution >= 0.6 is 0 Å². The van der Waals surface area contributed by atoms with E-state index in [0.717, 1.165) is 5.56 Å². The van der Waals surface area contributed by atoms with Gasteiger partial charge in [0.2, 0.25) is 5.82 Å². The van der Waals surface area contributed by atoms with E-state index in [1.54, 1.807) is 0 Å². The number of nitriles is 1. The van der Waals surface area contributed by atoms with Gasteiger partial charge in [-0.3, -0.25) is 0 Å². The van der Waals surface area contributed by atoms with E-state index in [4.69, 9.17) is 10.4 Å². The van der Waals surface area contributed by atoms with Crippen molar-refractivity contribution in [3.63, 3.8) is 0 Å². The molecule has 1 aromatic heterocycles. The standard InChI is InChI=1S/C8H7N3O2/c9-3-1-2-6-4-10-7(8(12)13)11-5-6/h4-5H,1-2H2,(H,12,13). The number of carboxylic acid groups (broad SMARTS) is 1. The van der Waals surface area contributed by atoms with Crippen molar-refractivity contribution < 1.29 is 9.90 Å². The van der Waals surface area contributed by atoms with Gasteiger partial charge in [0.15, 0.2) is 0 Å². The van der Waals surface area contributed by atoms with E-state index in [1.807, 2.05) is 6.07 Å². The second kappa shape index (κ2) is 4.16. The summed E-state index contributed by atoms with van der Waals surface area (Å²) in [5.41, 5.74) is 0.770. The van der Waals surface area contributed by atoms with Gasteiger partial charge in [-0.05, 0) is 12.0 Å². The summed E-state index contributed by atoms with van der Waals surface area (Å²) < 4.78 is 0. The number of hydrogen-bond donors (Lipinski definition) is 1. The Labute approximate surface area is 74.7 Å². The first-order valence-corrected chi connectivity index (χ1v) is 3.65. The van der Waals surface area contributed by atoms with E-state index >= 15 is 0 Å². The molecule has 5 nitrogen and oxygen atoms in total. The maximum atomic E-state index is 10.3. The van der Waals surface area contributed by atoms with Gasteiger partial charge in [0, 0.05) is 18.8 Å². The lowest BCUT2D eigenvalue weighted by Crippen LogP contribution is -2.03. The van der Waals surface area contributed by atoms with Crippen molar-refractivity contribution in [3.8, 4) is 6.07 Å². The number of aromatic carboxylic acids is 1. The second-order valence-corrected chi connectivity index (χ2v) is 2.38. The minimum absolute atomic E-state index is 0.222. The van der Waals surface area contributed by atoms with E-state index in [-0.39, 0.29) is 5.82 Å². The van der Waals surface area contributed by atoms with Gasteiger partial charge >= 0.3 is 5.97 Å². The summed E-state index contributed by atoms with van der Waals surface area (Å²) in [5.74, 6) is -1.37. The largest absolute Gasteiger partial charge is 0.475 e. The number of carboxylic acids is 1. The summed E-state index contributed by atoms with van der Waals surface area (Å²) >= 11 is 0. The number of hydrogen-bond acceptors (Lipinski definition) is 4. The SMILES string of the molecule is N#CCCc1cnc(C(=O)O)nc1. The molecule has 1 rings (SSSR count). The molecule has 1 N–H and O–H groups in total. The topological polar surface area (TPSA) is 86.9 Å². The third-order valence-electron chi connectivity index (χ3n) is 1.42. The fraction of sp³-hybridized carbons (Fsp3) is 0.250. The van der Waals surface area contributed by atoms with E-state index in [0.29, 0.717) is 12.8 Å². The molecule has 0 saturated heterocycles. The molecule has 5 heteroatoms. The average molecular weight is 177 g/mol. The van der Waals surface area contributed by atoms with Crippen LogP contribution in [0, 0.1) is 11.3 Å². The van der Waals surface area contributed by atoms with Crippen molar-refractivity contribution in [3.05, 3.63) is 23.8 Å². The highest BCUT2D eigenvalue weighted by molar-refractivity contribution is 5.82. The smallest absolute Gasteiger partial charge is 0.373 e. The lowest BCUT2D eigenvalue weighted by Gasteiger charge is -1.95. The molecular weight excluding hydrogens is 170 g/mol. The fourth-order valence-corrected chi connectivity index (χ4v) is 0.795. The number of nitrogens with zero attached hydrogens (tertiary/aromatic N) is 3. The van der Waals surface area contributed by atoms with Crippen LogP contribution in [0.3, 0.4) is 0 Å². The molecule has 0 unspecified atom stereocenters. The van der Waals surface area contributed by atoms with Gasteiger partial charge in [-0.2, -0.15) is 5.26 Å². The summed E-state index contributed by atoms with van der Waals surface area (Å²) in [7, 11) is 0. The Balaban J connectivity index is 2.71. The molecule has 13 heavy (non-hydrogen) atoms. The summed E-state index contributed by atoms with van der Waals surface area (Å²) in [6.07, 6.45) is 3.79. The molecule has 0 fully saturated rings. The predicted molar refractivity (Wildman–Crippen MR) is 42.9 cm³/mol. The van der Waals surface area contributed by atoms with E-state index in [9.17, 15) is 4.79 Å². The van der Waals surface area contributed by atoms with Crippen LogP contribution in [-0.2, 0) is 6.42 Å². The number of carbonyl (C=O) groups is 1. The maximum absolute atomic E-state index is 10.3. The molecule has 0 bridgehead atoms. The molecule has 66 valence electrons. The Kier molecular flexibility index (Phi) is 2.92. The summed E-state index contributed by atoms with van der Waals surface area (Å²) in [5, 5.41) is 16.8. The first kappa shape index (κ1) is 9.13. The monoisotopic (exact) mass is 177 g/mol. The quantitative estimate of drug-likeness (QED) is 0.731. The molecule has 1 aromatic rings. The molecule has 0 spiro atoms. The van der Waals surface area contributed by atoms with Crippen LogP contribution in [0.25, 0.3) is 0 Å². The van der Waals surface area contributed by atoms with Crippen molar-refractivity contribution >= 4 is 5.97 Å². The van der Waals surface area contributed by atoms with E-state index in [2.05, 4.69) is 9.97 Å². The van der Waals surface area contributed by atoms with Crippen molar-refractivity contribution in [2.45, 2.75) is 12.8 Å². The van der Waals surface area contributed by atoms with Crippen molar-refractivity contribution in [1.82, 2.24) is 9.97 Å². The van der Waals surface area contributed by atoms with Crippen LogP contribution in [0.1, 0.15) is 22.6 Å². The first-order valence-electron chi connectivity index (χ1n) is 3.65. The Morgan fingerprint density at radius 2 is 2.15 bits per heavy atom. The highest BCUT2D eigenvalue weighted by atomic mass is 16.4. The molecule has 0 saturated carbocycles. The Bertz CT molecular complexity index is 339. The zero-order valence-corrected chi connectivity index (χ0v) is 6.77. The van der Waals surface area contributed by atoms with Gasteiger partial charge in [0.05, 0.1) is 6.07 Å². The summed E-state index contributed by atoms with van der Waals surface area (Å²) in [6, 6.07) is 1.98. The molecular formula is C8H7N3O2. The van der Waals surface area contributed by atoms with Crippen LogP contribution in [0.5, 0.6) is 0 Å². The number of aryl methyl sites for hydroxylation is 1. The molecule has 0 aromatic carbocycles. The number of aromatic nitrogens is 2. The average Bonchev–Trinajstić information content (AvgIpc) is 2.15. The minimum Gasteiger partial charge on any atom is -0.475 e. The fourth-order valence-electron chi connectivity index (χ4n) is 0.795. The molecule has 1 heterocycles.